The van der Waals surface area contributed by atoms with E-state index in [2.05, 4.69) is 0 Å². The molecule has 1 heterocycles. The first-order valence-corrected chi connectivity index (χ1v) is 3.28. The van der Waals surface area contributed by atoms with Gasteiger partial charge in [-0.1, -0.05) is 11.5 Å². The van der Waals surface area contributed by atoms with E-state index in [9.17, 15) is 17.7 Å². The molecule has 0 spiro atoms. The molecule has 66 valence electrons. The third-order valence-electron chi connectivity index (χ3n) is 1.49. The molecule has 0 saturated carbocycles. The second-order valence-electron chi connectivity index (χ2n) is 2.49. The van der Waals surface area contributed by atoms with Crippen LogP contribution in [-0.2, 0) is 7.05 Å². The summed E-state index contributed by atoms with van der Waals surface area (Å²) >= 11 is 0. The number of aromatic nitrogens is 1. The molecule has 0 aliphatic heterocycles. The zero-order valence-electron chi connectivity index (χ0n) is 7.30. The Morgan fingerprint density at radius 3 is 2.23 bits per heavy atom. The van der Waals surface area contributed by atoms with Crippen LogP contribution in [0.25, 0.3) is 0 Å². The number of hydrogen-bond acceptors (Lipinski definition) is 1. The minimum absolute atomic E-state index is 0. The molecule has 13 heavy (non-hydrogen) atoms. The Labute approximate surface area is 116 Å². The van der Waals surface area contributed by atoms with Gasteiger partial charge >= 0.3 is 58.4 Å². The Morgan fingerprint density at radius 1 is 1.31 bits per heavy atom. The average molecular weight is 215 g/mol. The Kier molecular flexibility index (Phi) is 4.95. The van der Waals surface area contributed by atoms with Crippen molar-refractivity contribution in [3.63, 3.8) is 0 Å². The van der Waals surface area contributed by atoms with Crippen molar-refractivity contribution in [1.82, 2.24) is 4.57 Å². The summed E-state index contributed by atoms with van der Waals surface area (Å²) < 4.78 is 37.0. The molecule has 1 aromatic heterocycles. The molecule has 0 aromatic carbocycles. The molecule has 0 saturated heterocycles. The maximum absolute atomic E-state index is 12.0. The topological polar surface area (TPSA) is 22.0 Å². The zero-order chi connectivity index (χ0) is 9.35. The zero-order valence-corrected chi connectivity index (χ0v) is 10.4. The smallest absolute Gasteiger partial charge is 0.445 e. The normalized spacial score (nSPS) is 10.8. The number of rotatable bonds is 1. The van der Waals surface area contributed by atoms with Gasteiger partial charge in [-0.05, 0) is 6.20 Å². The molecule has 0 aliphatic rings. The minimum Gasteiger partial charge on any atom is -0.445 e. The van der Waals surface area contributed by atoms with Gasteiger partial charge in [-0.2, -0.15) is 0 Å². The quantitative estimate of drug-likeness (QED) is 0.472. The van der Waals surface area contributed by atoms with Crippen LogP contribution < -0.4 is 62.4 Å². The molecular formula is C6H6BF3KNO. The predicted molar refractivity (Wildman–Crippen MR) is 40.4 cm³/mol. The summed E-state index contributed by atoms with van der Waals surface area (Å²) in [7, 11) is 1.29. The van der Waals surface area contributed by atoms with E-state index < -0.39 is 18.0 Å². The Bertz CT molecular complexity index is 348. The number of aryl methyl sites for hydroxylation is 1. The van der Waals surface area contributed by atoms with Gasteiger partial charge in [-0.25, -0.2) is 0 Å². The summed E-state index contributed by atoms with van der Waals surface area (Å²) in [5.74, 6) is 0. The van der Waals surface area contributed by atoms with Crippen LogP contribution in [0.15, 0.2) is 23.1 Å². The molecule has 0 bridgehead atoms. The summed E-state index contributed by atoms with van der Waals surface area (Å²) in [6, 6.07) is 1.70. The number of hydrogen-bond donors (Lipinski definition) is 0. The molecule has 1 rings (SSSR count). The van der Waals surface area contributed by atoms with Gasteiger partial charge in [0.05, 0.1) is 0 Å². The molecule has 0 fully saturated rings. The van der Waals surface area contributed by atoms with E-state index in [4.69, 9.17) is 0 Å². The van der Waals surface area contributed by atoms with Crippen molar-refractivity contribution in [2.75, 3.05) is 0 Å². The summed E-state index contributed by atoms with van der Waals surface area (Å²) in [5, 5.41) is 0. The van der Waals surface area contributed by atoms with Crippen molar-refractivity contribution in [2.45, 2.75) is 0 Å². The van der Waals surface area contributed by atoms with Gasteiger partial charge in [0.2, 0.25) is 5.56 Å². The third kappa shape index (κ3) is 3.59. The molecule has 0 N–H and O–H groups in total. The molecule has 2 nitrogen and oxygen atoms in total. The summed E-state index contributed by atoms with van der Waals surface area (Å²) in [5.41, 5.74) is -1.20. The summed E-state index contributed by atoms with van der Waals surface area (Å²) in [6.07, 6.45) is 0.794. The van der Waals surface area contributed by atoms with E-state index >= 15 is 0 Å². The predicted octanol–water partition coefficient (Wildman–Crippen LogP) is -2.56. The first-order chi connectivity index (χ1) is 5.41. The van der Waals surface area contributed by atoms with Crippen molar-refractivity contribution < 1.29 is 64.3 Å². The summed E-state index contributed by atoms with van der Waals surface area (Å²) in [4.78, 5) is 10.7. The van der Waals surface area contributed by atoms with E-state index in [1.165, 1.54) is 7.05 Å². The Balaban J connectivity index is 0.00000144. The maximum atomic E-state index is 12.0. The number of nitrogens with zero attached hydrogens (tertiary/aromatic N) is 1. The van der Waals surface area contributed by atoms with E-state index in [0.717, 1.165) is 22.9 Å². The van der Waals surface area contributed by atoms with E-state index in [1.807, 2.05) is 0 Å². The van der Waals surface area contributed by atoms with E-state index in [0.29, 0.717) is 0 Å². The SMILES string of the molecule is Cn1cc([B-](F)(F)F)ccc1=O.[K+]. The second-order valence-corrected chi connectivity index (χ2v) is 2.49. The molecular weight excluding hydrogens is 209 g/mol. The second kappa shape index (κ2) is 4.79. The third-order valence-corrected chi connectivity index (χ3v) is 1.49. The van der Waals surface area contributed by atoms with Crippen LogP contribution in [0.4, 0.5) is 12.9 Å². The monoisotopic (exact) mass is 215 g/mol. The fraction of sp³-hybridized carbons (Fsp3) is 0.167. The van der Waals surface area contributed by atoms with Gasteiger partial charge in [0.15, 0.2) is 0 Å². The fourth-order valence-electron chi connectivity index (χ4n) is 0.809. The van der Waals surface area contributed by atoms with E-state index in [-0.39, 0.29) is 51.4 Å². The average Bonchev–Trinajstić information content (AvgIpc) is 1.92. The molecule has 0 aliphatic carbocycles. The van der Waals surface area contributed by atoms with Crippen LogP contribution in [0.5, 0.6) is 0 Å². The number of pyridine rings is 1. The van der Waals surface area contributed by atoms with Gasteiger partial charge < -0.3 is 17.5 Å². The molecule has 7 heteroatoms. The van der Waals surface area contributed by atoms with Gasteiger partial charge in [0.25, 0.3) is 0 Å². The molecule has 0 unspecified atom stereocenters. The van der Waals surface area contributed by atoms with Crippen molar-refractivity contribution in [1.29, 1.82) is 0 Å². The van der Waals surface area contributed by atoms with Gasteiger partial charge in [0, 0.05) is 13.1 Å². The van der Waals surface area contributed by atoms with Crippen molar-refractivity contribution in [3.05, 3.63) is 28.7 Å². The van der Waals surface area contributed by atoms with Crippen LogP contribution in [0, 0.1) is 0 Å². The van der Waals surface area contributed by atoms with Gasteiger partial charge in [-0.3, -0.25) is 4.79 Å². The standard InChI is InChI=1S/C6H6BF3NO.K/c1-11-4-5(7(8,9)10)2-3-6(11)12;/h2-4H,1H3;/q-1;+1. The van der Waals surface area contributed by atoms with Crippen LogP contribution in [-0.4, -0.2) is 11.5 Å². The Morgan fingerprint density at radius 2 is 1.85 bits per heavy atom. The van der Waals surface area contributed by atoms with Gasteiger partial charge in [-0.15, -0.1) is 0 Å². The largest absolute Gasteiger partial charge is 1.00 e. The minimum atomic E-state index is -5.00. The van der Waals surface area contributed by atoms with Crippen LogP contribution in [0.3, 0.4) is 0 Å². The first-order valence-electron chi connectivity index (χ1n) is 3.28. The van der Waals surface area contributed by atoms with Crippen molar-refractivity contribution in [3.8, 4) is 0 Å². The molecule has 0 atom stereocenters. The van der Waals surface area contributed by atoms with Crippen LogP contribution >= 0.6 is 0 Å². The first kappa shape index (κ1) is 13.4. The van der Waals surface area contributed by atoms with E-state index in [1.54, 1.807) is 0 Å². The van der Waals surface area contributed by atoms with Gasteiger partial charge in [0.1, 0.15) is 0 Å². The summed E-state index contributed by atoms with van der Waals surface area (Å²) in [6.45, 7) is -5.00. The fourth-order valence-corrected chi connectivity index (χ4v) is 0.809. The van der Waals surface area contributed by atoms with Crippen LogP contribution in [0.1, 0.15) is 0 Å². The van der Waals surface area contributed by atoms with Crippen LogP contribution in [0.2, 0.25) is 0 Å². The molecule has 0 radical (unpaired) electrons. The Hall–Kier alpha value is 0.441. The molecule has 0 amide bonds. The van der Waals surface area contributed by atoms with Crippen molar-refractivity contribution >= 4 is 12.4 Å². The molecule has 1 aromatic rings. The maximum Gasteiger partial charge on any atom is 1.00 e. The number of halogens is 3. The van der Waals surface area contributed by atoms with Crippen molar-refractivity contribution in [2.24, 2.45) is 7.05 Å².